The molecule has 2 rings (SSSR count). The minimum absolute atomic E-state index is 0.0686. The van der Waals surface area contributed by atoms with Crippen molar-refractivity contribution in [1.82, 2.24) is 4.90 Å². The van der Waals surface area contributed by atoms with Crippen molar-refractivity contribution >= 4 is 17.5 Å². The van der Waals surface area contributed by atoms with Crippen LogP contribution in [0.2, 0.25) is 0 Å². The minimum atomic E-state index is -4.91. The van der Waals surface area contributed by atoms with E-state index in [2.05, 4.69) is 5.32 Å². The van der Waals surface area contributed by atoms with Crippen LogP contribution < -0.4 is 5.32 Å². The number of benzene rings is 2. The number of rotatable bonds is 7. The van der Waals surface area contributed by atoms with E-state index < -0.39 is 12.1 Å². The molecule has 28 heavy (non-hydrogen) atoms. The summed E-state index contributed by atoms with van der Waals surface area (Å²) in [4.78, 5) is 24.9. The lowest BCUT2D eigenvalue weighted by molar-refractivity contribution is -0.185. The lowest BCUT2D eigenvalue weighted by Gasteiger charge is -2.22. The first-order chi connectivity index (χ1) is 13.3. The highest BCUT2D eigenvalue weighted by atomic mass is 19.4. The van der Waals surface area contributed by atoms with E-state index in [0.29, 0.717) is 17.7 Å². The maximum atomic E-state index is 12.7. The lowest BCUT2D eigenvalue weighted by atomic mass is 9.95. The van der Waals surface area contributed by atoms with Gasteiger partial charge in [-0.25, -0.2) is 0 Å². The van der Waals surface area contributed by atoms with Gasteiger partial charge in [0, 0.05) is 18.8 Å². The van der Waals surface area contributed by atoms with Gasteiger partial charge in [-0.2, -0.15) is 13.2 Å². The van der Waals surface area contributed by atoms with Crippen LogP contribution in [0.3, 0.4) is 0 Å². The second-order valence-electron chi connectivity index (χ2n) is 6.38. The summed E-state index contributed by atoms with van der Waals surface area (Å²) in [7, 11) is 0. The largest absolute Gasteiger partial charge is 0.471 e. The molecule has 2 aromatic rings. The highest BCUT2D eigenvalue weighted by molar-refractivity contribution is 5.95. The molecule has 4 nitrogen and oxygen atoms in total. The number of carbonyl (C=O) groups excluding carboxylic acids is 2. The molecule has 0 unspecified atom stereocenters. The highest BCUT2D eigenvalue weighted by Gasteiger charge is 2.41. The van der Waals surface area contributed by atoms with Crippen molar-refractivity contribution < 1.29 is 22.8 Å². The summed E-state index contributed by atoms with van der Waals surface area (Å²) in [5, 5.41) is 2.82. The lowest BCUT2D eigenvalue weighted by Crippen LogP contribution is -2.40. The minimum Gasteiger partial charge on any atom is -0.331 e. The van der Waals surface area contributed by atoms with E-state index in [1.165, 1.54) is 6.92 Å². The number of halogens is 3. The van der Waals surface area contributed by atoms with Crippen molar-refractivity contribution in [1.29, 1.82) is 0 Å². The molecule has 7 heteroatoms. The van der Waals surface area contributed by atoms with E-state index in [9.17, 15) is 22.8 Å². The molecule has 0 spiro atoms. The van der Waals surface area contributed by atoms with Gasteiger partial charge in [0.1, 0.15) is 0 Å². The molecule has 0 radical (unpaired) electrons. The quantitative estimate of drug-likeness (QED) is 0.741. The van der Waals surface area contributed by atoms with Crippen LogP contribution in [0.4, 0.5) is 18.9 Å². The van der Waals surface area contributed by atoms with Crippen LogP contribution in [0.25, 0.3) is 0 Å². The normalized spacial score (nSPS) is 12.3. The Morgan fingerprint density at radius 2 is 1.71 bits per heavy atom. The van der Waals surface area contributed by atoms with Crippen molar-refractivity contribution in [3.8, 4) is 0 Å². The van der Waals surface area contributed by atoms with Gasteiger partial charge in [-0.1, -0.05) is 49.4 Å². The van der Waals surface area contributed by atoms with Crippen LogP contribution in [0.15, 0.2) is 54.6 Å². The molecule has 0 aliphatic carbocycles. The number of nitrogens with one attached hydrogen (secondary N) is 1. The third-order valence-electron chi connectivity index (χ3n) is 4.41. The number of carbonyl (C=O) groups is 2. The van der Waals surface area contributed by atoms with E-state index in [-0.39, 0.29) is 24.9 Å². The van der Waals surface area contributed by atoms with E-state index in [1.54, 1.807) is 24.3 Å². The monoisotopic (exact) mass is 392 g/mol. The molecular weight excluding hydrogens is 369 g/mol. The van der Waals surface area contributed by atoms with Crippen molar-refractivity contribution in [3.63, 3.8) is 0 Å². The Bertz CT molecular complexity index is 807. The molecule has 1 N–H and O–H groups in total. The van der Waals surface area contributed by atoms with Crippen LogP contribution in [-0.2, 0) is 16.1 Å². The first-order valence-electron chi connectivity index (χ1n) is 9.07. The second kappa shape index (κ2) is 9.39. The number of hydrogen-bond donors (Lipinski definition) is 1. The van der Waals surface area contributed by atoms with E-state index in [4.69, 9.17) is 0 Å². The van der Waals surface area contributed by atoms with Gasteiger partial charge < -0.3 is 10.2 Å². The Morgan fingerprint density at radius 3 is 2.29 bits per heavy atom. The average molecular weight is 392 g/mol. The predicted octanol–water partition coefficient (Wildman–Crippen LogP) is 4.73. The number of anilines is 1. The molecule has 2 amide bonds. The Balaban J connectivity index is 2.12. The maximum Gasteiger partial charge on any atom is 0.471 e. The van der Waals surface area contributed by atoms with Crippen LogP contribution >= 0.6 is 0 Å². The smallest absolute Gasteiger partial charge is 0.331 e. The number of nitrogens with zero attached hydrogens (tertiary/aromatic N) is 1. The zero-order valence-corrected chi connectivity index (χ0v) is 15.8. The third-order valence-corrected chi connectivity index (χ3v) is 4.41. The number of amides is 2. The summed E-state index contributed by atoms with van der Waals surface area (Å²) >= 11 is 0. The average Bonchev–Trinajstić information content (AvgIpc) is 2.66. The molecule has 1 atom stereocenters. The van der Waals surface area contributed by atoms with Gasteiger partial charge in [0.15, 0.2) is 0 Å². The summed E-state index contributed by atoms with van der Waals surface area (Å²) < 4.78 is 38.0. The molecule has 0 saturated carbocycles. The topological polar surface area (TPSA) is 49.4 Å². The van der Waals surface area contributed by atoms with Gasteiger partial charge in [0.25, 0.3) is 0 Å². The van der Waals surface area contributed by atoms with Gasteiger partial charge in [0.2, 0.25) is 5.91 Å². The van der Waals surface area contributed by atoms with Gasteiger partial charge in [-0.15, -0.1) is 0 Å². The van der Waals surface area contributed by atoms with Crippen LogP contribution in [0.5, 0.6) is 0 Å². The molecular formula is C21H23F3N2O2. The van der Waals surface area contributed by atoms with Crippen molar-refractivity contribution in [2.45, 2.75) is 38.9 Å². The fourth-order valence-corrected chi connectivity index (χ4v) is 2.96. The zero-order valence-electron chi connectivity index (χ0n) is 15.8. The Kier molecular flexibility index (Phi) is 7.20. The Hall–Kier alpha value is -2.83. The fraction of sp³-hybridized carbons (Fsp3) is 0.333. The second-order valence-corrected chi connectivity index (χ2v) is 6.38. The van der Waals surface area contributed by atoms with Crippen LogP contribution in [0, 0.1) is 0 Å². The number of alkyl halides is 3. The molecule has 0 bridgehead atoms. The molecule has 2 aromatic carbocycles. The molecule has 0 aromatic heterocycles. The van der Waals surface area contributed by atoms with Gasteiger partial charge >= 0.3 is 12.1 Å². The fourth-order valence-electron chi connectivity index (χ4n) is 2.96. The predicted molar refractivity (Wildman–Crippen MR) is 102 cm³/mol. The van der Waals surface area contributed by atoms with E-state index in [1.807, 2.05) is 37.3 Å². The molecule has 0 fully saturated rings. The SMILES string of the molecule is CC[C@@H](C(=O)Nc1cccc(CN(CC)C(=O)C(F)(F)F)c1)c1ccccc1. The third kappa shape index (κ3) is 5.58. The Morgan fingerprint density at radius 1 is 1.04 bits per heavy atom. The van der Waals surface area contributed by atoms with E-state index >= 15 is 0 Å². The highest BCUT2D eigenvalue weighted by Crippen LogP contribution is 2.23. The Labute approximate surface area is 162 Å². The standard InChI is InChI=1S/C21H23F3N2O2/c1-3-18(16-10-6-5-7-11-16)19(27)25-17-12-8-9-15(13-17)14-26(4-2)20(28)21(22,23)24/h5-13,18H,3-4,14H2,1-2H3,(H,25,27)/t18-/m1/s1. The van der Waals surface area contributed by atoms with Crippen LogP contribution in [0.1, 0.15) is 37.3 Å². The summed E-state index contributed by atoms with van der Waals surface area (Å²) in [6.07, 6.45) is -4.30. The molecule has 0 aliphatic heterocycles. The number of hydrogen-bond acceptors (Lipinski definition) is 2. The van der Waals surface area contributed by atoms with Gasteiger partial charge in [-0.3, -0.25) is 9.59 Å². The molecule has 0 saturated heterocycles. The van der Waals surface area contributed by atoms with E-state index in [0.717, 1.165) is 10.5 Å². The first kappa shape index (κ1) is 21.5. The van der Waals surface area contributed by atoms with Gasteiger partial charge in [-0.05, 0) is 36.6 Å². The van der Waals surface area contributed by atoms with Gasteiger partial charge in [0.05, 0.1) is 5.92 Å². The van der Waals surface area contributed by atoms with Crippen molar-refractivity contribution in [2.75, 3.05) is 11.9 Å². The maximum absolute atomic E-state index is 12.7. The summed E-state index contributed by atoms with van der Waals surface area (Å²) in [6, 6.07) is 15.9. The summed E-state index contributed by atoms with van der Waals surface area (Å²) in [5.74, 6) is -2.40. The summed E-state index contributed by atoms with van der Waals surface area (Å²) in [5.41, 5.74) is 1.88. The molecule has 0 heterocycles. The first-order valence-corrected chi connectivity index (χ1v) is 9.07. The zero-order chi connectivity index (χ0) is 20.7. The molecule has 150 valence electrons. The summed E-state index contributed by atoms with van der Waals surface area (Å²) in [6.45, 7) is 3.14. The van der Waals surface area contributed by atoms with Crippen molar-refractivity contribution in [3.05, 3.63) is 65.7 Å². The molecule has 0 aliphatic rings. The van der Waals surface area contributed by atoms with Crippen LogP contribution in [-0.4, -0.2) is 29.4 Å². The van der Waals surface area contributed by atoms with Crippen molar-refractivity contribution in [2.24, 2.45) is 0 Å².